The molecule has 0 bridgehead atoms. The fourth-order valence-corrected chi connectivity index (χ4v) is 3.75. The molecule has 0 N–H and O–H groups in total. The van der Waals surface area contributed by atoms with E-state index in [1.807, 2.05) is 0 Å². The number of hydrogen-bond donors (Lipinski definition) is 0. The first-order valence-electron chi connectivity index (χ1n) is 5.30. The normalized spacial score (nSPS) is 36.0. The molecule has 0 spiro atoms. The quantitative estimate of drug-likeness (QED) is 0.436. The summed E-state index contributed by atoms with van der Waals surface area (Å²) in [4.78, 5) is 5.34. The van der Waals surface area contributed by atoms with Crippen LogP contribution in [-0.2, 0) is 0 Å². The van der Waals surface area contributed by atoms with E-state index in [1.54, 1.807) is 0 Å². The van der Waals surface area contributed by atoms with Gasteiger partial charge in [-0.15, -0.1) is 0 Å². The third-order valence-electron chi connectivity index (χ3n) is 3.55. The molecule has 2 unspecified atom stereocenters. The summed E-state index contributed by atoms with van der Waals surface area (Å²) in [5.74, 6) is 0. The highest BCUT2D eigenvalue weighted by Crippen LogP contribution is 2.32. The fraction of sp³-hybridized carbons (Fsp3) is 1.00. The molecule has 2 nitrogen and oxygen atoms in total. The zero-order valence-electron chi connectivity index (χ0n) is 8.54. The summed E-state index contributed by atoms with van der Waals surface area (Å²) in [6, 6.07) is 2.48. The molecule has 0 saturated carbocycles. The summed E-state index contributed by atoms with van der Waals surface area (Å²) < 4.78 is 1.21. The van der Waals surface area contributed by atoms with Crippen molar-refractivity contribution in [3.63, 3.8) is 0 Å². The highest BCUT2D eigenvalue weighted by molar-refractivity contribution is 14.1. The summed E-state index contributed by atoms with van der Waals surface area (Å²) >= 11 is 2.50. The second kappa shape index (κ2) is 4.03. The molecule has 2 saturated heterocycles. The maximum Gasteiger partial charge on any atom is 0.0509 e. The Labute approximate surface area is 94.8 Å². The minimum atomic E-state index is 0.740. The van der Waals surface area contributed by atoms with Crippen LogP contribution in [0.4, 0.5) is 0 Å². The molecule has 0 aromatic rings. The van der Waals surface area contributed by atoms with Crippen molar-refractivity contribution in [2.24, 2.45) is 0 Å². The topological polar surface area (TPSA) is 6.48 Å². The lowest BCUT2D eigenvalue weighted by molar-refractivity contribution is 0.195. The molecule has 0 amide bonds. The maximum absolute atomic E-state index is 2.69. The van der Waals surface area contributed by atoms with Crippen molar-refractivity contribution in [3.05, 3.63) is 0 Å². The molecular formula is C10H19IN2. The summed E-state index contributed by atoms with van der Waals surface area (Å²) in [6.07, 6.45) is 2.79. The Bertz CT molecular complexity index is 184. The average molecular weight is 294 g/mol. The number of alkyl halides is 1. The van der Waals surface area contributed by atoms with Crippen LogP contribution in [0.1, 0.15) is 26.7 Å². The Morgan fingerprint density at radius 1 is 1.23 bits per heavy atom. The number of fused-ring (bicyclic) bond motifs is 1. The van der Waals surface area contributed by atoms with E-state index < -0.39 is 0 Å². The molecular weight excluding hydrogens is 275 g/mol. The van der Waals surface area contributed by atoms with Gasteiger partial charge in [0.2, 0.25) is 0 Å². The summed E-state index contributed by atoms with van der Waals surface area (Å²) in [7, 11) is 0. The minimum absolute atomic E-state index is 0.740. The lowest BCUT2D eigenvalue weighted by Gasteiger charge is -2.27. The number of rotatable bonds is 2. The second-order valence-corrected chi connectivity index (χ2v) is 5.16. The van der Waals surface area contributed by atoms with Gasteiger partial charge >= 0.3 is 0 Å². The number of likely N-dealkylation sites (tertiary alicyclic amines) is 2. The first-order chi connectivity index (χ1) is 6.24. The standard InChI is InChI=1S/C10H19IN2/c1-8(2)13-6-4-9-10(13)3-5-12(9)7-11/h8-10H,3-7H2,1-2H3. The average Bonchev–Trinajstić information content (AvgIpc) is 2.61. The lowest BCUT2D eigenvalue weighted by Crippen LogP contribution is -2.39. The van der Waals surface area contributed by atoms with Gasteiger partial charge in [-0.2, -0.15) is 0 Å². The first kappa shape index (κ1) is 10.2. The van der Waals surface area contributed by atoms with Gasteiger partial charge in [-0.05, 0) is 26.7 Å². The first-order valence-corrected chi connectivity index (χ1v) is 6.82. The molecule has 2 atom stereocenters. The third-order valence-corrected chi connectivity index (χ3v) is 4.43. The van der Waals surface area contributed by atoms with E-state index >= 15 is 0 Å². The van der Waals surface area contributed by atoms with Gasteiger partial charge in [-0.1, -0.05) is 22.6 Å². The van der Waals surface area contributed by atoms with E-state index in [-0.39, 0.29) is 0 Å². The monoisotopic (exact) mass is 294 g/mol. The minimum Gasteiger partial charge on any atom is -0.296 e. The van der Waals surface area contributed by atoms with E-state index in [2.05, 4.69) is 46.2 Å². The van der Waals surface area contributed by atoms with Crippen LogP contribution >= 0.6 is 22.6 Å². The van der Waals surface area contributed by atoms with Gasteiger partial charge in [-0.3, -0.25) is 9.80 Å². The van der Waals surface area contributed by atoms with Crippen molar-refractivity contribution in [2.75, 3.05) is 17.6 Å². The van der Waals surface area contributed by atoms with Crippen molar-refractivity contribution in [3.8, 4) is 0 Å². The van der Waals surface area contributed by atoms with E-state index in [4.69, 9.17) is 0 Å². The second-order valence-electron chi connectivity index (χ2n) is 4.48. The SMILES string of the molecule is CC(C)N1CCC2C1CCN2CI. The van der Waals surface area contributed by atoms with Crippen LogP contribution in [0.5, 0.6) is 0 Å². The highest BCUT2D eigenvalue weighted by Gasteiger charge is 2.42. The zero-order chi connectivity index (χ0) is 9.42. The lowest BCUT2D eigenvalue weighted by atomic mass is 10.1. The van der Waals surface area contributed by atoms with E-state index in [9.17, 15) is 0 Å². The van der Waals surface area contributed by atoms with Gasteiger partial charge < -0.3 is 0 Å². The van der Waals surface area contributed by atoms with Crippen molar-refractivity contribution in [1.29, 1.82) is 0 Å². The van der Waals surface area contributed by atoms with Crippen LogP contribution in [0.2, 0.25) is 0 Å². The molecule has 3 heteroatoms. The summed E-state index contributed by atoms with van der Waals surface area (Å²) in [6.45, 7) is 7.30. The van der Waals surface area contributed by atoms with Gasteiger partial charge in [0.25, 0.3) is 0 Å². The van der Waals surface area contributed by atoms with Gasteiger partial charge in [0.15, 0.2) is 0 Å². The van der Waals surface area contributed by atoms with Crippen molar-refractivity contribution in [2.45, 2.75) is 44.8 Å². The van der Waals surface area contributed by atoms with Gasteiger partial charge in [-0.25, -0.2) is 0 Å². The van der Waals surface area contributed by atoms with Gasteiger partial charge in [0, 0.05) is 31.2 Å². The van der Waals surface area contributed by atoms with Gasteiger partial charge in [0.05, 0.1) is 4.55 Å². The molecule has 0 aliphatic carbocycles. The van der Waals surface area contributed by atoms with Crippen LogP contribution in [0.15, 0.2) is 0 Å². The summed E-state index contributed by atoms with van der Waals surface area (Å²) in [5, 5.41) is 0. The van der Waals surface area contributed by atoms with E-state index in [0.29, 0.717) is 0 Å². The zero-order valence-corrected chi connectivity index (χ0v) is 10.7. The Hall–Kier alpha value is 0.650. The molecule has 0 aromatic carbocycles. The molecule has 2 fully saturated rings. The van der Waals surface area contributed by atoms with Crippen LogP contribution in [-0.4, -0.2) is 45.6 Å². The molecule has 2 heterocycles. The number of halogens is 1. The van der Waals surface area contributed by atoms with Crippen LogP contribution in [0.3, 0.4) is 0 Å². The Morgan fingerprint density at radius 2 is 1.92 bits per heavy atom. The summed E-state index contributed by atoms with van der Waals surface area (Å²) in [5.41, 5.74) is 0. The molecule has 2 aliphatic rings. The fourth-order valence-electron chi connectivity index (χ4n) is 2.90. The van der Waals surface area contributed by atoms with Crippen molar-refractivity contribution >= 4 is 22.6 Å². The predicted octanol–water partition coefficient (Wildman–Crippen LogP) is 1.94. The molecule has 0 radical (unpaired) electrons. The van der Waals surface area contributed by atoms with E-state index in [1.165, 1.54) is 30.5 Å². The molecule has 13 heavy (non-hydrogen) atoms. The van der Waals surface area contributed by atoms with Crippen LogP contribution < -0.4 is 0 Å². The maximum atomic E-state index is 2.69. The Kier molecular flexibility index (Phi) is 3.15. The number of hydrogen-bond acceptors (Lipinski definition) is 2. The van der Waals surface area contributed by atoms with Gasteiger partial charge in [0.1, 0.15) is 0 Å². The molecule has 0 aromatic heterocycles. The molecule has 2 rings (SSSR count). The Balaban J connectivity index is 2.03. The van der Waals surface area contributed by atoms with Crippen molar-refractivity contribution < 1.29 is 0 Å². The predicted molar refractivity (Wildman–Crippen MR) is 64.2 cm³/mol. The third kappa shape index (κ3) is 1.75. The molecule has 76 valence electrons. The highest BCUT2D eigenvalue weighted by atomic mass is 127. The van der Waals surface area contributed by atoms with Crippen LogP contribution in [0, 0.1) is 0 Å². The largest absolute Gasteiger partial charge is 0.296 e. The Morgan fingerprint density at radius 3 is 2.54 bits per heavy atom. The molecule has 2 aliphatic heterocycles. The van der Waals surface area contributed by atoms with Crippen molar-refractivity contribution in [1.82, 2.24) is 9.80 Å². The smallest absolute Gasteiger partial charge is 0.0509 e. The number of nitrogens with zero attached hydrogens (tertiary/aromatic N) is 2. The van der Waals surface area contributed by atoms with Crippen LogP contribution in [0.25, 0.3) is 0 Å². The van der Waals surface area contributed by atoms with E-state index in [0.717, 1.165) is 18.1 Å².